The SMILES string of the molecule is CN.CN(N)CC1OC(OC2OC(COC(=O)c3cc(C(C)(C)C)cc(C(C)(C)C)c3O)C(O)C(O)C2O)C(O)C(O)C1O. The van der Waals surface area contributed by atoms with E-state index in [9.17, 15) is 40.5 Å². The predicted molar refractivity (Wildman–Crippen MR) is 157 cm³/mol. The highest BCUT2D eigenvalue weighted by Gasteiger charge is 2.50. The molecule has 2 heterocycles. The highest BCUT2D eigenvalue weighted by atomic mass is 16.8. The van der Waals surface area contributed by atoms with Crippen molar-refractivity contribution < 1.29 is 59.5 Å². The zero-order chi connectivity index (χ0) is 33.9. The van der Waals surface area contributed by atoms with E-state index in [0.29, 0.717) is 5.56 Å². The molecule has 0 saturated carbocycles. The van der Waals surface area contributed by atoms with Gasteiger partial charge in [-0.3, -0.25) is 5.84 Å². The molecular weight excluding hydrogens is 582 g/mol. The number of hydrogen-bond donors (Lipinski definition) is 9. The molecule has 15 heteroatoms. The molecular formula is C29H51N3O12. The van der Waals surface area contributed by atoms with Crippen LogP contribution >= 0.6 is 0 Å². The van der Waals surface area contributed by atoms with Crippen molar-refractivity contribution in [3.63, 3.8) is 0 Å². The second-order valence-corrected chi connectivity index (χ2v) is 13.1. The normalized spacial score (nSPS) is 33.0. The van der Waals surface area contributed by atoms with E-state index in [4.69, 9.17) is 24.8 Å². The molecule has 0 aromatic heterocycles. The third-order valence-corrected chi connectivity index (χ3v) is 7.46. The van der Waals surface area contributed by atoms with E-state index in [2.05, 4.69) is 5.73 Å². The second kappa shape index (κ2) is 15.1. The molecule has 1 aromatic rings. The van der Waals surface area contributed by atoms with Gasteiger partial charge < -0.3 is 60.4 Å². The first kappa shape index (κ1) is 38.2. The number of carbonyl (C=O) groups is 1. The van der Waals surface area contributed by atoms with Crippen molar-refractivity contribution in [1.82, 2.24) is 5.01 Å². The number of aromatic hydroxyl groups is 1. The first-order valence-corrected chi connectivity index (χ1v) is 14.4. The first-order valence-electron chi connectivity index (χ1n) is 14.4. The Balaban J connectivity index is 0.00000330. The molecule has 0 bridgehead atoms. The van der Waals surface area contributed by atoms with Gasteiger partial charge in [0.05, 0.1) is 0 Å². The summed E-state index contributed by atoms with van der Waals surface area (Å²) in [6.07, 6.45) is -16.2. The fourth-order valence-electron chi connectivity index (χ4n) is 4.79. The minimum absolute atomic E-state index is 0.0566. The molecule has 15 nitrogen and oxygen atoms in total. The van der Waals surface area contributed by atoms with Gasteiger partial charge in [-0.15, -0.1) is 0 Å². The number of carbonyl (C=O) groups excluding carboxylic acids is 1. The van der Waals surface area contributed by atoms with Crippen LogP contribution < -0.4 is 11.6 Å². The lowest BCUT2D eigenvalue weighted by Gasteiger charge is -2.45. The van der Waals surface area contributed by atoms with Crippen LogP contribution in [0.15, 0.2) is 12.1 Å². The van der Waals surface area contributed by atoms with Gasteiger partial charge in [0.2, 0.25) is 0 Å². The van der Waals surface area contributed by atoms with Crippen LogP contribution in [0.4, 0.5) is 0 Å². The van der Waals surface area contributed by atoms with Crippen LogP contribution in [0, 0.1) is 0 Å². The lowest BCUT2D eigenvalue weighted by atomic mass is 9.79. The Bertz CT molecular complexity index is 1090. The summed E-state index contributed by atoms with van der Waals surface area (Å²) in [6.45, 7) is 10.9. The summed E-state index contributed by atoms with van der Waals surface area (Å²) in [6, 6.07) is 3.37. The summed E-state index contributed by atoms with van der Waals surface area (Å²) < 4.78 is 22.0. The van der Waals surface area contributed by atoms with Crippen molar-refractivity contribution in [3.8, 4) is 5.75 Å². The van der Waals surface area contributed by atoms with Gasteiger partial charge in [0.25, 0.3) is 0 Å². The molecule has 2 aliphatic heterocycles. The van der Waals surface area contributed by atoms with E-state index in [1.54, 1.807) is 0 Å². The number of nitrogens with zero attached hydrogens (tertiary/aromatic N) is 1. The van der Waals surface area contributed by atoms with E-state index >= 15 is 0 Å². The molecule has 2 saturated heterocycles. The molecule has 2 aliphatic rings. The Hall–Kier alpha value is -1.99. The van der Waals surface area contributed by atoms with Crippen LogP contribution in [0.25, 0.3) is 0 Å². The number of ether oxygens (including phenoxy) is 4. The molecule has 254 valence electrons. The predicted octanol–water partition coefficient (Wildman–Crippen LogP) is -1.84. The smallest absolute Gasteiger partial charge is 0.342 e. The number of nitrogens with two attached hydrogens (primary N) is 2. The van der Waals surface area contributed by atoms with Crippen molar-refractivity contribution >= 4 is 5.97 Å². The van der Waals surface area contributed by atoms with Gasteiger partial charge >= 0.3 is 5.97 Å². The zero-order valence-corrected chi connectivity index (χ0v) is 26.6. The summed E-state index contributed by atoms with van der Waals surface area (Å²) in [5.74, 6) is 4.46. The monoisotopic (exact) mass is 633 g/mol. The zero-order valence-electron chi connectivity index (χ0n) is 26.6. The van der Waals surface area contributed by atoms with Crippen molar-refractivity contribution in [1.29, 1.82) is 0 Å². The molecule has 1 aromatic carbocycles. The summed E-state index contributed by atoms with van der Waals surface area (Å²) in [5.41, 5.74) is 4.88. The Labute approximate surface area is 257 Å². The lowest BCUT2D eigenvalue weighted by molar-refractivity contribution is -0.375. The summed E-state index contributed by atoms with van der Waals surface area (Å²) in [7, 11) is 2.99. The van der Waals surface area contributed by atoms with E-state index < -0.39 is 79.4 Å². The molecule has 2 fully saturated rings. The standard InChI is InChI=1S/C28H46N2O12.CH5N/c1-27(2,3)12-8-13(17(31)14(9-12)28(4,5)6)24(38)39-11-16-19(33)21(35)23(37)26(41-16)42-25-22(36)20(34)18(32)15(40-25)10-30(7)29;1-2/h8-9,15-16,18-23,25-26,31-37H,10-11,29H2,1-7H3;2H2,1H3. The quantitative estimate of drug-likeness (QED) is 0.0908. The second-order valence-electron chi connectivity index (χ2n) is 13.1. The summed E-state index contributed by atoms with van der Waals surface area (Å²) >= 11 is 0. The lowest BCUT2D eigenvalue weighted by Crippen LogP contribution is -2.64. The van der Waals surface area contributed by atoms with Crippen molar-refractivity contribution in [3.05, 3.63) is 28.8 Å². The molecule has 44 heavy (non-hydrogen) atoms. The van der Waals surface area contributed by atoms with Gasteiger partial charge in [-0.2, -0.15) is 0 Å². The Kier molecular flexibility index (Phi) is 13.1. The highest BCUT2D eigenvalue weighted by molar-refractivity contribution is 5.93. The number of rotatable bonds is 7. The van der Waals surface area contributed by atoms with Gasteiger partial charge in [-0.25, -0.2) is 9.80 Å². The van der Waals surface area contributed by atoms with Gasteiger partial charge in [0, 0.05) is 19.2 Å². The van der Waals surface area contributed by atoms with E-state index in [0.717, 1.165) is 5.56 Å². The van der Waals surface area contributed by atoms with Crippen molar-refractivity contribution in [2.45, 2.75) is 114 Å². The number of esters is 1. The molecule has 10 atom stereocenters. The number of hydrazine groups is 1. The molecule has 11 N–H and O–H groups in total. The number of aliphatic hydroxyl groups excluding tert-OH is 6. The summed E-state index contributed by atoms with van der Waals surface area (Å²) in [5, 5.41) is 74.5. The molecule has 3 rings (SSSR count). The number of likely N-dealkylation sites (N-methyl/N-ethyl adjacent to an activating group) is 1. The number of phenols is 1. The van der Waals surface area contributed by atoms with Crippen LogP contribution in [0.1, 0.15) is 63.0 Å². The fraction of sp³-hybridized carbons (Fsp3) is 0.759. The number of hydrogen-bond acceptors (Lipinski definition) is 15. The van der Waals surface area contributed by atoms with Crippen molar-refractivity contribution in [2.75, 3.05) is 27.2 Å². The average molecular weight is 634 g/mol. The van der Waals surface area contributed by atoms with Crippen LogP contribution in [0.3, 0.4) is 0 Å². The van der Waals surface area contributed by atoms with Gasteiger partial charge in [-0.1, -0.05) is 47.6 Å². The van der Waals surface area contributed by atoms with E-state index in [1.165, 1.54) is 25.2 Å². The third-order valence-electron chi connectivity index (χ3n) is 7.46. The van der Waals surface area contributed by atoms with E-state index in [1.807, 2.05) is 47.6 Å². The minimum Gasteiger partial charge on any atom is -0.507 e. The molecule has 0 radical (unpaired) electrons. The van der Waals surface area contributed by atoms with Crippen molar-refractivity contribution in [2.24, 2.45) is 11.6 Å². The fourth-order valence-corrected chi connectivity index (χ4v) is 4.79. The number of aliphatic hydroxyl groups is 6. The maximum Gasteiger partial charge on any atom is 0.342 e. The van der Waals surface area contributed by atoms with Gasteiger partial charge in [0.15, 0.2) is 12.6 Å². The maximum absolute atomic E-state index is 13.2. The molecule has 0 amide bonds. The van der Waals surface area contributed by atoms with Gasteiger partial charge in [-0.05, 0) is 29.5 Å². The Morgan fingerprint density at radius 2 is 1.30 bits per heavy atom. The van der Waals surface area contributed by atoms with Crippen LogP contribution in [-0.2, 0) is 29.8 Å². The molecule has 0 spiro atoms. The van der Waals surface area contributed by atoms with Crippen LogP contribution in [0.2, 0.25) is 0 Å². The molecule has 10 unspecified atom stereocenters. The third kappa shape index (κ3) is 8.84. The number of benzene rings is 1. The van der Waals surface area contributed by atoms with Crippen LogP contribution in [-0.4, -0.2) is 135 Å². The van der Waals surface area contributed by atoms with Crippen LogP contribution in [0.5, 0.6) is 5.75 Å². The Morgan fingerprint density at radius 3 is 1.75 bits per heavy atom. The number of phenolic OH excluding ortho intramolecular Hbond substituents is 1. The maximum atomic E-state index is 13.2. The minimum atomic E-state index is -1.83. The molecule has 0 aliphatic carbocycles. The largest absolute Gasteiger partial charge is 0.507 e. The van der Waals surface area contributed by atoms with E-state index in [-0.39, 0.29) is 23.3 Å². The average Bonchev–Trinajstić information content (AvgIpc) is 2.93. The topological polar surface area (TPSA) is 251 Å². The first-order chi connectivity index (χ1) is 20.2. The van der Waals surface area contributed by atoms with Gasteiger partial charge in [0.1, 0.15) is 66.8 Å². The highest BCUT2D eigenvalue weighted by Crippen LogP contribution is 2.38. The summed E-state index contributed by atoms with van der Waals surface area (Å²) in [4.78, 5) is 13.2. The Morgan fingerprint density at radius 1 is 0.818 bits per heavy atom.